The topological polar surface area (TPSA) is 71.1 Å². The lowest BCUT2D eigenvalue weighted by atomic mass is 9.86. The average Bonchev–Trinajstić information content (AvgIpc) is 3.28. The van der Waals surface area contributed by atoms with Crippen molar-refractivity contribution in [1.82, 2.24) is 0 Å². The van der Waals surface area contributed by atoms with Gasteiger partial charge in [0.2, 0.25) is 0 Å². The van der Waals surface area contributed by atoms with Gasteiger partial charge >= 0.3 is 11.9 Å². The first-order chi connectivity index (χ1) is 15.5. The first-order valence-corrected chi connectivity index (χ1v) is 10.3. The zero-order chi connectivity index (χ0) is 22.0. The Labute approximate surface area is 183 Å². The summed E-state index contributed by atoms with van der Waals surface area (Å²) in [5.41, 5.74) is 1.98. The maximum atomic E-state index is 11.5. The van der Waals surface area contributed by atoms with Crippen LogP contribution in [-0.4, -0.2) is 18.2 Å². The van der Waals surface area contributed by atoms with Crippen LogP contribution < -0.4 is 18.9 Å². The van der Waals surface area contributed by atoms with Crippen LogP contribution in [0.4, 0.5) is 0 Å². The number of fused-ring (bicyclic) bond motifs is 9. The number of ether oxygens (including phenoxy) is 4. The van der Waals surface area contributed by atoms with E-state index in [1.807, 2.05) is 48.5 Å². The van der Waals surface area contributed by atoms with E-state index < -0.39 is 6.29 Å². The number of carbonyl (C=O) groups excluding carboxylic acids is 2. The molecule has 0 aromatic heterocycles. The molecule has 6 nitrogen and oxygen atoms in total. The van der Waals surface area contributed by atoms with Gasteiger partial charge in [0.1, 0.15) is 23.0 Å². The Morgan fingerprint density at radius 1 is 0.688 bits per heavy atom. The zero-order valence-electron chi connectivity index (χ0n) is 17.4. The molecule has 2 heterocycles. The molecule has 0 spiro atoms. The second kappa shape index (κ2) is 6.72. The maximum Gasteiger partial charge on any atom is 0.308 e. The molecule has 0 unspecified atom stereocenters. The molecule has 4 aromatic rings. The number of hydrogen-bond donors (Lipinski definition) is 0. The fourth-order valence-electron chi connectivity index (χ4n) is 4.74. The second-order valence-electron chi connectivity index (χ2n) is 7.99. The molecule has 0 radical (unpaired) electrons. The maximum absolute atomic E-state index is 11.5. The van der Waals surface area contributed by atoms with Gasteiger partial charge in [-0.15, -0.1) is 0 Å². The van der Waals surface area contributed by atoms with Gasteiger partial charge in [0, 0.05) is 25.0 Å². The summed E-state index contributed by atoms with van der Waals surface area (Å²) in [4.78, 5) is 23.0. The minimum absolute atomic E-state index is 0.174. The first-order valence-electron chi connectivity index (χ1n) is 10.3. The Morgan fingerprint density at radius 3 is 1.56 bits per heavy atom. The molecule has 0 saturated heterocycles. The third kappa shape index (κ3) is 2.80. The second-order valence-corrected chi connectivity index (χ2v) is 7.99. The number of rotatable bonds is 2. The van der Waals surface area contributed by atoms with Crippen LogP contribution in [0.1, 0.15) is 30.9 Å². The molecule has 4 aromatic carbocycles. The Morgan fingerprint density at radius 2 is 1.12 bits per heavy atom. The van der Waals surface area contributed by atoms with E-state index in [2.05, 4.69) is 0 Å². The normalized spacial score (nSPS) is 17.8. The van der Waals surface area contributed by atoms with Crippen molar-refractivity contribution in [3.63, 3.8) is 0 Å². The summed E-state index contributed by atoms with van der Waals surface area (Å²) in [6.07, 6.45) is -0.494. The Hall–Kier alpha value is -4.06. The summed E-state index contributed by atoms with van der Waals surface area (Å²) in [7, 11) is 0. The van der Waals surface area contributed by atoms with Crippen LogP contribution in [0.3, 0.4) is 0 Å². The molecule has 0 amide bonds. The van der Waals surface area contributed by atoms with Crippen molar-refractivity contribution in [3.05, 3.63) is 71.8 Å². The van der Waals surface area contributed by atoms with E-state index >= 15 is 0 Å². The molecule has 0 saturated carbocycles. The van der Waals surface area contributed by atoms with Gasteiger partial charge in [-0.05, 0) is 57.9 Å². The van der Waals surface area contributed by atoms with E-state index in [0.29, 0.717) is 11.5 Å². The average molecular weight is 426 g/mol. The van der Waals surface area contributed by atoms with E-state index in [0.717, 1.165) is 44.2 Å². The fourth-order valence-corrected chi connectivity index (χ4v) is 4.74. The van der Waals surface area contributed by atoms with Gasteiger partial charge in [-0.3, -0.25) is 9.59 Å². The highest BCUT2D eigenvalue weighted by Crippen LogP contribution is 2.55. The van der Waals surface area contributed by atoms with Crippen molar-refractivity contribution in [3.8, 4) is 23.0 Å². The highest BCUT2D eigenvalue weighted by molar-refractivity contribution is 5.95. The Bertz CT molecular complexity index is 1340. The van der Waals surface area contributed by atoms with Gasteiger partial charge in [-0.1, -0.05) is 24.3 Å². The first kappa shape index (κ1) is 18.7. The molecule has 0 atom stereocenters. The Balaban J connectivity index is 1.58. The summed E-state index contributed by atoms with van der Waals surface area (Å²) < 4.78 is 23.0. The highest BCUT2D eigenvalue weighted by Gasteiger charge is 2.46. The smallest absolute Gasteiger partial charge is 0.308 e. The van der Waals surface area contributed by atoms with Crippen molar-refractivity contribution in [2.75, 3.05) is 0 Å². The lowest BCUT2D eigenvalue weighted by Gasteiger charge is -2.13. The quantitative estimate of drug-likeness (QED) is 0.329. The monoisotopic (exact) mass is 426 g/mol. The Kier molecular flexibility index (Phi) is 3.92. The van der Waals surface area contributed by atoms with Crippen LogP contribution >= 0.6 is 0 Å². The van der Waals surface area contributed by atoms with E-state index in [1.165, 1.54) is 13.8 Å². The van der Waals surface area contributed by atoms with Crippen molar-refractivity contribution in [2.45, 2.75) is 26.1 Å². The fraction of sp³-hybridized carbons (Fsp3) is 0.154. The lowest BCUT2D eigenvalue weighted by Crippen LogP contribution is -2.19. The van der Waals surface area contributed by atoms with Crippen LogP contribution in [0.2, 0.25) is 0 Å². The van der Waals surface area contributed by atoms with Crippen molar-refractivity contribution < 1.29 is 28.5 Å². The molecule has 0 N–H and O–H groups in total. The summed E-state index contributed by atoms with van der Waals surface area (Å²) in [5, 5.41) is 3.91. The van der Waals surface area contributed by atoms with E-state index in [-0.39, 0.29) is 17.9 Å². The predicted molar refractivity (Wildman–Crippen MR) is 117 cm³/mol. The van der Waals surface area contributed by atoms with Gasteiger partial charge in [-0.2, -0.15) is 0 Å². The molecule has 2 aliphatic rings. The van der Waals surface area contributed by atoms with Crippen molar-refractivity contribution in [2.24, 2.45) is 0 Å². The molecule has 0 aliphatic carbocycles. The molecular formula is C26H18O6. The summed E-state index contributed by atoms with van der Waals surface area (Å²) in [6, 6.07) is 19.0. The van der Waals surface area contributed by atoms with E-state index in [4.69, 9.17) is 18.9 Å². The standard InChI is InChI=1S/C26H18O6/c1-13(27)29-17-7-3-15-5-9-21-23(19(15)11-17)25-24-20-12-18(30-14(2)28)8-4-16(20)6-10-22(24)32-26(25)31-21/h3-12,25-26H,1-2H3. The number of benzene rings is 4. The van der Waals surface area contributed by atoms with Crippen LogP contribution in [0.15, 0.2) is 60.7 Å². The number of carbonyl (C=O) groups is 2. The molecule has 0 bridgehead atoms. The van der Waals surface area contributed by atoms with Crippen molar-refractivity contribution >= 4 is 33.5 Å². The number of hydrogen-bond acceptors (Lipinski definition) is 6. The van der Waals surface area contributed by atoms with Gasteiger partial charge in [0.05, 0.1) is 5.92 Å². The van der Waals surface area contributed by atoms with Crippen LogP contribution in [-0.2, 0) is 9.59 Å². The largest absolute Gasteiger partial charge is 0.454 e. The van der Waals surface area contributed by atoms with E-state index in [1.54, 1.807) is 12.1 Å². The summed E-state index contributed by atoms with van der Waals surface area (Å²) >= 11 is 0. The molecule has 158 valence electrons. The van der Waals surface area contributed by atoms with Gasteiger partial charge < -0.3 is 18.9 Å². The molecule has 6 rings (SSSR count). The van der Waals surface area contributed by atoms with E-state index in [9.17, 15) is 9.59 Å². The van der Waals surface area contributed by atoms with Crippen LogP contribution in [0.25, 0.3) is 21.5 Å². The van der Waals surface area contributed by atoms with Crippen LogP contribution in [0, 0.1) is 0 Å². The van der Waals surface area contributed by atoms with Crippen molar-refractivity contribution in [1.29, 1.82) is 0 Å². The SMILES string of the molecule is CC(=O)Oc1ccc2ccc3c(c2c1)C1c2c(ccc4ccc(OC(C)=O)cc24)OC1O3. The lowest BCUT2D eigenvalue weighted by molar-refractivity contribution is -0.132. The minimum Gasteiger partial charge on any atom is -0.454 e. The van der Waals surface area contributed by atoms with Gasteiger partial charge in [0.25, 0.3) is 6.29 Å². The summed E-state index contributed by atoms with van der Waals surface area (Å²) in [6.45, 7) is 2.76. The third-order valence-corrected chi connectivity index (χ3v) is 5.89. The number of esters is 2. The van der Waals surface area contributed by atoms with Gasteiger partial charge in [-0.25, -0.2) is 0 Å². The summed E-state index contributed by atoms with van der Waals surface area (Å²) in [5.74, 6) is 1.53. The molecule has 2 aliphatic heterocycles. The molecule has 0 fully saturated rings. The minimum atomic E-state index is -0.494. The predicted octanol–water partition coefficient (Wildman–Crippen LogP) is 5.09. The third-order valence-electron chi connectivity index (χ3n) is 5.89. The van der Waals surface area contributed by atoms with Gasteiger partial charge in [0.15, 0.2) is 0 Å². The highest BCUT2D eigenvalue weighted by atomic mass is 16.7. The molecular weight excluding hydrogens is 408 g/mol. The van der Waals surface area contributed by atoms with Crippen LogP contribution in [0.5, 0.6) is 23.0 Å². The molecule has 32 heavy (non-hydrogen) atoms. The zero-order valence-corrected chi connectivity index (χ0v) is 17.4. The molecule has 6 heteroatoms.